The van der Waals surface area contributed by atoms with Gasteiger partial charge in [0.25, 0.3) is 0 Å². The molecule has 22 heavy (non-hydrogen) atoms. The van der Waals surface area contributed by atoms with E-state index in [1.807, 2.05) is 31.2 Å². The van der Waals surface area contributed by atoms with Crippen LogP contribution in [0.1, 0.15) is 26.7 Å². The van der Waals surface area contributed by atoms with Crippen molar-refractivity contribution in [1.29, 1.82) is 0 Å². The zero-order chi connectivity index (χ0) is 14.9. The third kappa shape index (κ3) is 6.03. The Balaban J connectivity index is 0.00000242. The van der Waals surface area contributed by atoms with Gasteiger partial charge in [-0.15, -0.1) is 12.4 Å². The van der Waals surface area contributed by atoms with Crippen molar-refractivity contribution in [1.82, 2.24) is 10.2 Å². The van der Waals surface area contributed by atoms with Gasteiger partial charge in [0.1, 0.15) is 18.1 Å². The maximum absolute atomic E-state index is 5.86. The Bertz CT molecular complexity index is 394. The van der Waals surface area contributed by atoms with E-state index in [1.165, 1.54) is 12.8 Å². The van der Waals surface area contributed by atoms with Crippen LogP contribution in [0.25, 0.3) is 0 Å². The maximum Gasteiger partial charge on any atom is 0.119 e. The van der Waals surface area contributed by atoms with Crippen molar-refractivity contribution in [2.24, 2.45) is 0 Å². The van der Waals surface area contributed by atoms with Gasteiger partial charge in [0, 0.05) is 19.1 Å². The Hall–Kier alpha value is -0.970. The van der Waals surface area contributed by atoms with E-state index in [1.54, 1.807) is 0 Å². The fraction of sp³-hybridized carbons (Fsp3) is 0.647. The van der Waals surface area contributed by atoms with E-state index in [9.17, 15) is 0 Å². The summed E-state index contributed by atoms with van der Waals surface area (Å²) in [6.07, 6.45) is 2.45. The van der Waals surface area contributed by atoms with Gasteiger partial charge in [0.2, 0.25) is 0 Å². The molecule has 1 aromatic carbocycles. The van der Waals surface area contributed by atoms with E-state index in [-0.39, 0.29) is 12.4 Å². The number of halogens is 1. The van der Waals surface area contributed by atoms with Gasteiger partial charge in [0.05, 0.1) is 6.61 Å². The SMILES string of the molecule is CCCN(CCOc1ccc(OCC)cc1)C1CCNC1.Cl. The van der Waals surface area contributed by atoms with Crippen LogP contribution in [0, 0.1) is 0 Å². The van der Waals surface area contributed by atoms with Gasteiger partial charge < -0.3 is 14.8 Å². The number of hydrogen-bond acceptors (Lipinski definition) is 4. The molecule has 0 radical (unpaired) electrons. The third-order valence-electron chi connectivity index (χ3n) is 3.84. The summed E-state index contributed by atoms with van der Waals surface area (Å²) in [4.78, 5) is 2.55. The molecule has 1 atom stereocenters. The fourth-order valence-corrected chi connectivity index (χ4v) is 2.79. The molecule has 1 fully saturated rings. The van der Waals surface area contributed by atoms with Crippen LogP contribution in [0.2, 0.25) is 0 Å². The summed E-state index contributed by atoms with van der Waals surface area (Å²) >= 11 is 0. The van der Waals surface area contributed by atoms with E-state index in [0.717, 1.165) is 44.3 Å². The van der Waals surface area contributed by atoms with E-state index >= 15 is 0 Å². The number of nitrogens with zero attached hydrogens (tertiary/aromatic N) is 1. The molecule has 1 saturated heterocycles. The first-order chi connectivity index (χ1) is 10.3. The number of hydrogen-bond donors (Lipinski definition) is 1. The number of rotatable bonds is 9. The van der Waals surface area contributed by atoms with Crippen molar-refractivity contribution in [3.8, 4) is 11.5 Å². The zero-order valence-electron chi connectivity index (χ0n) is 13.7. The normalized spacial score (nSPS) is 17.3. The van der Waals surface area contributed by atoms with Gasteiger partial charge >= 0.3 is 0 Å². The molecule has 5 heteroatoms. The van der Waals surface area contributed by atoms with Crippen molar-refractivity contribution in [3.63, 3.8) is 0 Å². The first-order valence-corrected chi connectivity index (χ1v) is 8.14. The fourth-order valence-electron chi connectivity index (χ4n) is 2.79. The standard InChI is InChI=1S/C17H28N2O2.ClH/c1-3-11-19(15-9-10-18-14-15)12-13-21-17-7-5-16(6-8-17)20-4-2;/h5-8,15,18H,3-4,9-14H2,1-2H3;1H. The van der Waals surface area contributed by atoms with E-state index < -0.39 is 0 Å². The van der Waals surface area contributed by atoms with Crippen LogP contribution in [-0.4, -0.2) is 50.3 Å². The molecule has 1 heterocycles. The number of benzene rings is 1. The lowest BCUT2D eigenvalue weighted by atomic mass is 10.2. The number of ether oxygens (including phenoxy) is 2. The Labute approximate surface area is 140 Å². The van der Waals surface area contributed by atoms with Crippen molar-refractivity contribution in [2.75, 3.05) is 39.4 Å². The Kier molecular flexibility index (Phi) is 9.28. The molecule has 1 aliphatic rings. The molecule has 1 aromatic rings. The Morgan fingerprint density at radius 2 is 1.77 bits per heavy atom. The zero-order valence-corrected chi connectivity index (χ0v) is 14.5. The van der Waals surface area contributed by atoms with Gasteiger partial charge in [-0.2, -0.15) is 0 Å². The lowest BCUT2D eigenvalue weighted by molar-refractivity contribution is 0.167. The first-order valence-electron chi connectivity index (χ1n) is 8.14. The molecule has 0 bridgehead atoms. The lowest BCUT2D eigenvalue weighted by Crippen LogP contribution is -2.40. The van der Waals surface area contributed by atoms with Gasteiger partial charge in [-0.1, -0.05) is 6.92 Å². The topological polar surface area (TPSA) is 33.7 Å². The van der Waals surface area contributed by atoms with Gasteiger partial charge in [-0.3, -0.25) is 4.90 Å². The van der Waals surface area contributed by atoms with Gasteiger partial charge in [-0.25, -0.2) is 0 Å². The smallest absolute Gasteiger partial charge is 0.119 e. The third-order valence-corrected chi connectivity index (χ3v) is 3.84. The molecule has 126 valence electrons. The average molecular weight is 329 g/mol. The molecule has 0 spiro atoms. The second kappa shape index (κ2) is 10.7. The summed E-state index contributed by atoms with van der Waals surface area (Å²) in [5.74, 6) is 1.81. The highest BCUT2D eigenvalue weighted by Gasteiger charge is 2.21. The van der Waals surface area contributed by atoms with Gasteiger partial charge in [-0.05, 0) is 57.1 Å². The van der Waals surface area contributed by atoms with Crippen LogP contribution >= 0.6 is 12.4 Å². The minimum atomic E-state index is 0. The Morgan fingerprint density at radius 3 is 2.32 bits per heavy atom. The highest BCUT2D eigenvalue weighted by molar-refractivity contribution is 5.85. The van der Waals surface area contributed by atoms with Gasteiger partial charge in [0.15, 0.2) is 0 Å². The predicted molar refractivity (Wildman–Crippen MR) is 93.5 cm³/mol. The largest absolute Gasteiger partial charge is 0.494 e. The molecule has 0 saturated carbocycles. The number of nitrogens with one attached hydrogen (secondary N) is 1. The molecule has 0 aromatic heterocycles. The quantitative estimate of drug-likeness (QED) is 0.755. The summed E-state index contributed by atoms with van der Waals surface area (Å²) in [6, 6.07) is 8.56. The first kappa shape index (κ1) is 19.1. The van der Waals surface area contributed by atoms with Crippen LogP contribution in [-0.2, 0) is 0 Å². The highest BCUT2D eigenvalue weighted by Crippen LogP contribution is 2.17. The molecule has 1 unspecified atom stereocenters. The molecule has 0 aliphatic carbocycles. The summed E-state index contributed by atoms with van der Waals surface area (Å²) in [5, 5.41) is 3.44. The summed E-state index contributed by atoms with van der Waals surface area (Å²) in [7, 11) is 0. The molecule has 1 N–H and O–H groups in total. The molecular formula is C17H29ClN2O2. The van der Waals surface area contributed by atoms with E-state index in [4.69, 9.17) is 9.47 Å². The van der Waals surface area contributed by atoms with Crippen LogP contribution in [0.3, 0.4) is 0 Å². The van der Waals surface area contributed by atoms with E-state index in [0.29, 0.717) is 12.6 Å². The van der Waals surface area contributed by atoms with Crippen LogP contribution in [0.15, 0.2) is 24.3 Å². The van der Waals surface area contributed by atoms with Crippen molar-refractivity contribution in [3.05, 3.63) is 24.3 Å². The maximum atomic E-state index is 5.86. The van der Waals surface area contributed by atoms with Crippen LogP contribution in [0.5, 0.6) is 11.5 Å². The van der Waals surface area contributed by atoms with Crippen molar-refractivity contribution in [2.45, 2.75) is 32.7 Å². The van der Waals surface area contributed by atoms with E-state index in [2.05, 4.69) is 17.1 Å². The van der Waals surface area contributed by atoms with Crippen LogP contribution in [0.4, 0.5) is 0 Å². The van der Waals surface area contributed by atoms with Crippen molar-refractivity contribution < 1.29 is 9.47 Å². The molecule has 0 amide bonds. The lowest BCUT2D eigenvalue weighted by Gasteiger charge is -2.27. The van der Waals surface area contributed by atoms with Crippen LogP contribution < -0.4 is 14.8 Å². The minimum Gasteiger partial charge on any atom is -0.494 e. The predicted octanol–water partition coefficient (Wildman–Crippen LogP) is 2.96. The highest BCUT2D eigenvalue weighted by atomic mass is 35.5. The summed E-state index contributed by atoms with van der Waals surface area (Å²) in [6.45, 7) is 10.1. The summed E-state index contributed by atoms with van der Waals surface area (Å²) < 4.78 is 11.3. The molecule has 1 aliphatic heterocycles. The molecular weight excluding hydrogens is 300 g/mol. The van der Waals surface area contributed by atoms with Crippen molar-refractivity contribution >= 4 is 12.4 Å². The Morgan fingerprint density at radius 1 is 1.09 bits per heavy atom. The second-order valence-corrected chi connectivity index (χ2v) is 5.44. The average Bonchev–Trinajstić information content (AvgIpc) is 3.03. The molecule has 2 rings (SSSR count). The monoisotopic (exact) mass is 328 g/mol. The second-order valence-electron chi connectivity index (χ2n) is 5.44. The summed E-state index contributed by atoms with van der Waals surface area (Å²) in [5.41, 5.74) is 0. The minimum absolute atomic E-state index is 0. The molecule has 4 nitrogen and oxygen atoms in total.